The van der Waals surface area contributed by atoms with Crippen LogP contribution in [0.15, 0.2) is 66.7 Å². The Bertz CT molecular complexity index is 1260. The summed E-state index contributed by atoms with van der Waals surface area (Å²) in [5.74, 6) is -0.387. The second-order valence-electron chi connectivity index (χ2n) is 7.69. The molecule has 0 N–H and O–H groups in total. The molecule has 4 rings (SSSR count). The number of halogens is 4. The summed E-state index contributed by atoms with van der Waals surface area (Å²) in [6.07, 6.45) is -4.41. The van der Waals surface area contributed by atoms with Crippen LogP contribution in [0.3, 0.4) is 0 Å². The van der Waals surface area contributed by atoms with E-state index in [4.69, 9.17) is 0 Å². The Morgan fingerprint density at radius 3 is 2.10 bits per heavy atom. The molecule has 0 amide bonds. The fourth-order valence-corrected chi connectivity index (χ4v) is 3.57. The Hall–Kier alpha value is -3.41. The van der Waals surface area contributed by atoms with E-state index in [0.29, 0.717) is 33.3 Å². The summed E-state index contributed by atoms with van der Waals surface area (Å²) in [6, 6.07) is 17.6. The molecule has 3 aromatic carbocycles. The molecule has 0 saturated carbocycles. The number of rotatable bonds is 3. The van der Waals surface area contributed by atoms with E-state index < -0.39 is 11.7 Å². The summed E-state index contributed by atoms with van der Waals surface area (Å²) in [7, 11) is 3.87. The van der Waals surface area contributed by atoms with Crippen LogP contribution in [-0.4, -0.2) is 19.1 Å². The Balaban J connectivity index is 1.72. The van der Waals surface area contributed by atoms with Gasteiger partial charge in [-0.25, -0.2) is 9.37 Å². The van der Waals surface area contributed by atoms with E-state index in [0.717, 1.165) is 23.4 Å². The highest BCUT2D eigenvalue weighted by atomic mass is 19.4. The number of pyridine rings is 1. The van der Waals surface area contributed by atoms with Gasteiger partial charge >= 0.3 is 6.18 Å². The van der Waals surface area contributed by atoms with Crippen molar-refractivity contribution >= 4 is 16.6 Å². The maximum Gasteiger partial charge on any atom is 0.416 e. The minimum Gasteiger partial charge on any atom is -0.378 e. The number of aryl methyl sites for hydroxylation is 1. The predicted molar refractivity (Wildman–Crippen MR) is 117 cm³/mol. The Kier molecular flexibility index (Phi) is 5.17. The van der Waals surface area contributed by atoms with E-state index in [1.165, 1.54) is 12.1 Å². The monoisotopic (exact) mass is 424 g/mol. The normalized spacial score (nSPS) is 11.7. The number of alkyl halides is 3. The molecule has 0 radical (unpaired) electrons. The average molecular weight is 424 g/mol. The molecule has 0 atom stereocenters. The highest BCUT2D eigenvalue weighted by Crippen LogP contribution is 2.34. The lowest BCUT2D eigenvalue weighted by atomic mass is 9.99. The van der Waals surface area contributed by atoms with Crippen molar-refractivity contribution in [2.45, 2.75) is 13.1 Å². The van der Waals surface area contributed by atoms with Crippen LogP contribution in [0.1, 0.15) is 11.1 Å². The molecule has 0 aliphatic rings. The molecule has 0 unspecified atom stereocenters. The molecule has 1 aromatic heterocycles. The first-order valence-corrected chi connectivity index (χ1v) is 9.70. The lowest BCUT2D eigenvalue weighted by Gasteiger charge is -2.13. The van der Waals surface area contributed by atoms with Crippen molar-refractivity contribution in [2.75, 3.05) is 19.0 Å². The molecule has 31 heavy (non-hydrogen) atoms. The van der Waals surface area contributed by atoms with E-state index in [-0.39, 0.29) is 5.82 Å². The van der Waals surface area contributed by atoms with Crippen molar-refractivity contribution in [3.63, 3.8) is 0 Å². The average Bonchev–Trinajstić information content (AvgIpc) is 2.72. The molecule has 0 bridgehead atoms. The Morgan fingerprint density at radius 2 is 1.48 bits per heavy atom. The molecule has 2 nitrogen and oxygen atoms in total. The lowest BCUT2D eigenvalue weighted by molar-refractivity contribution is -0.137. The molecule has 0 aliphatic heterocycles. The largest absolute Gasteiger partial charge is 0.416 e. The van der Waals surface area contributed by atoms with Crippen molar-refractivity contribution in [1.29, 1.82) is 0 Å². The molecule has 0 spiro atoms. The van der Waals surface area contributed by atoms with Gasteiger partial charge in [0.1, 0.15) is 5.82 Å². The van der Waals surface area contributed by atoms with Gasteiger partial charge in [0.15, 0.2) is 0 Å². The molecule has 0 saturated heterocycles. The second-order valence-corrected chi connectivity index (χ2v) is 7.69. The molecule has 4 aromatic rings. The number of benzene rings is 3. The third kappa shape index (κ3) is 4.10. The molecular weight excluding hydrogens is 404 g/mol. The summed E-state index contributed by atoms with van der Waals surface area (Å²) < 4.78 is 53.9. The number of aromatic nitrogens is 1. The summed E-state index contributed by atoms with van der Waals surface area (Å²) in [4.78, 5) is 6.43. The van der Waals surface area contributed by atoms with Gasteiger partial charge in [-0.1, -0.05) is 24.3 Å². The summed E-state index contributed by atoms with van der Waals surface area (Å²) >= 11 is 0. The van der Waals surface area contributed by atoms with Crippen molar-refractivity contribution < 1.29 is 17.6 Å². The second kappa shape index (κ2) is 7.69. The third-order valence-corrected chi connectivity index (χ3v) is 5.30. The minimum absolute atomic E-state index is 0.387. The van der Waals surface area contributed by atoms with Crippen LogP contribution in [0.4, 0.5) is 23.2 Å². The maximum atomic E-state index is 14.9. The first-order valence-electron chi connectivity index (χ1n) is 9.70. The predicted octanol–water partition coefficient (Wildman–Crippen LogP) is 7.10. The zero-order valence-electron chi connectivity index (χ0n) is 17.3. The first-order chi connectivity index (χ1) is 14.6. The Morgan fingerprint density at radius 1 is 0.806 bits per heavy atom. The first kappa shape index (κ1) is 20.8. The van der Waals surface area contributed by atoms with Gasteiger partial charge in [0.05, 0.1) is 16.8 Å². The molecule has 0 fully saturated rings. The van der Waals surface area contributed by atoms with Gasteiger partial charge in [-0.05, 0) is 60.5 Å². The van der Waals surface area contributed by atoms with Gasteiger partial charge < -0.3 is 4.90 Å². The van der Waals surface area contributed by atoms with Crippen LogP contribution in [0.5, 0.6) is 0 Å². The number of nitrogens with zero attached hydrogens (tertiary/aromatic N) is 2. The van der Waals surface area contributed by atoms with Crippen LogP contribution in [0, 0.1) is 12.7 Å². The van der Waals surface area contributed by atoms with Crippen LogP contribution < -0.4 is 4.90 Å². The SMILES string of the molecule is Cc1cc(-c2ccc(-c3ccc(N(C)C)cc3)c(F)c2)nc2ccc(C(F)(F)F)cc12. The van der Waals surface area contributed by atoms with Crippen LogP contribution in [0.25, 0.3) is 33.3 Å². The smallest absolute Gasteiger partial charge is 0.378 e. The highest BCUT2D eigenvalue weighted by Gasteiger charge is 2.30. The number of hydrogen-bond donors (Lipinski definition) is 0. The minimum atomic E-state index is -4.41. The van der Waals surface area contributed by atoms with Crippen molar-refractivity contribution in [3.05, 3.63) is 83.7 Å². The van der Waals surface area contributed by atoms with Gasteiger partial charge in [0.25, 0.3) is 0 Å². The number of anilines is 1. The number of fused-ring (bicyclic) bond motifs is 1. The fourth-order valence-electron chi connectivity index (χ4n) is 3.57. The van der Waals surface area contributed by atoms with Crippen LogP contribution in [0.2, 0.25) is 0 Å². The van der Waals surface area contributed by atoms with E-state index >= 15 is 0 Å². The van der Waals surface area contributed by atoms with E-state index in [1.807, 2.05) is 43.3 Å². The van der Waals surface area contributed by atoms with Gasteiger partial charge in [0.2, 0.25) is 0 Å². The van der Waals surface area contributed by atoms with E-state index in [2.05, 4.69) is 4.98 Å². The molecule has 1 heterocycles. The van der Waals surface area contributed by atoms with Gasteiger partial charge in [-0.15, -0.1) is 0 Å². The molecule has 0 aliphatic carbocycles. The summed E-state index contributed by atoms with van der Waals surface area (Å²) in [5.41, 5.74) is 3.70. The van der Waals surface area contributed by atoms with Crippen molar-refractivity contribution in [3.8, 4) is 22.4 Å². The zero-order chi connectivity index (χ0) is 22.3. The maximum absolute atomic E-state index is 14.9. The quantitative estimate of drug-likeness (QED) is 0.326. The van der Waals surface area contributed by atoms with Crippen molar-refractivity contribution in [2.24, 2.45) is 0 Å². The van der Waals surface area contributed by atoms with Crippen LogP contribution >= 0.6 is 0 Å². The third-order valence-electron chi connectivity index (χ3n) is 5.30. The fraction of sp³-hybridized carbons (Fsp3) is 0.160. The molecule has 158 valence electrons. The van der Waals surface area contributed by atoms with Crippen molar-refractivity contribution in [1.82, 2.24) is 4.98 Å². The molecular formula is C25H20F4N2. The van der Waals surface area contributed by atoms with Gasteiger partial charge in [-0.2, -0.15) is 13.2 Å². The topological polar surface area (TPSA) is 16.1 Å². The molecule has 6 heteroatoms. The van der Waals surface area contributed by atoms with Gasteiger partial charge in [0, 0.05) is 36.3 Å². The Labute approximate surface area is 177 Å². The lowest BCUT2D eigenvalue weighted by Crippen LogP contribution is -2.07. The van der Waals surface area contributed by atoms with Crippen LogP contribution in [-0.2, 0) is 6.18 Å². The van der Waals surface area contributed by atoms with E-state index in [1.54, 1.807) is 25.1 Å². The highest BCUT2D eigenvalue weighted by molar-refractivity contribution is 5.86. The van der Waals surface area contributed by atoms with E-state index in [9.17, 15) is 17.6 Å². The zero-order valence-corrected chi connectivity index (χ0v) is 17.3. The summed E-state index contributed by atoms with van der Waals surface area (Å²) in [6.45, 7) is 1.73. The summed E-state index contributed by atoms with van der Waals surface area (Å²) in [5, 5.41) is 0.427. The van der Waals surface area contributed by atoms with Gasteiger partial charge in [-0.3, -0.25) is 0 Å². The number of hydrogen-bond acceptors (Lipinski definition) is 2. The standard InChI is InChI=1S/C25H20F4N2/c1-15-12-24(30-23-11-7-18(14-21(15)23)25(27,28)29)17-6-10-20(22(26)13-17)16-4-8-19(9-5-16)31(2)3/h4-14H,1-3H3.